The largest absolute Gasteiger partial charge is 0.465 e. The van der Waals surface area contributed by atoms with Crippen molar-refractivity contribution in [2.45, 2.75) is 11.4 Å². The van der Waals surface area contributed by atoms with E-state index in [1.54, 1.807) is 17.6 Å². The number of carbonyl (C=O) groups is 1. The van der Waals surface area contributed by atoms with Gasteiger partial charge in [0.05, 0.1) is 24.1 Å². The number of hydrogen-bond donors (Lipinski definition) is 1. The Labute approximate surface area is 136 Å². The van der Waals surface area contributed by atoms with E-state index in [0.29, 0.717) is 31.8 Å². The van der Waals surface area contributed by atoms with Crippen molar-refractivity contribution >= 4 is 49.2 Å². The van der Waals surface area contributed by atoms with Crippen molar-refractivity contribution in [3.8, 4) is 0 Å². The molecular formula is C12H10Br2N2O3S. The minimum atomic E-state index is -0.936. The van der Waals surface area contributed by atoms with Gasteiger partial charge in [0.25, 0.3) is 0 Å². The van der Waals surface area contributed by atoms with Gasteiger partial charge in [0.15, 0.2) is 0 Å². The average molecular weight is 422 g/mol. The van der Waals surface area contributed by atoms with E-state index in [9.17, 15) is 9.90 Å². The van der Waals surface area contributed by atoms with E-state index >= 15 is 0 Å². The number of esters is 1. The molecule has 1 atom stereocenters. The normalized spacial score (nSPS) is 12.2. The van der Waals surface area contributed by atoms with Crippen molar-refractivity contribution in [1.82, 2.24) is 9.97 Å². The molecule has 2 rings (SSSR count). The first-order valence-corrected chi connectivity index (χ1v) is 8.29. The number of pyridine rings is 1. The second-order valence-electron chi connectivity index (χ2n) is 3.75. The predicted octanol–water partition coefficient (Wildman–Crippen LogP) is 3.06. The lowest BCUT2D eigenvalue weighted by Gasteiger charge is -2.13. The van der Waals surface area contributed by atoms with Crippen LogP contribution >= 0.6 is 43.2 Å². The van der Waals surface area contributed by atoms with Gasteiger partial charge in [-0.15, -0.1) is 11.3 Å². The number of aliphatic hydroxyl groups excluding tert-OH is 1. The molecule has 0 aliphatic carbocycles. The molecule has 0 radical (unpaired) electrons. The lowest BCUT2D eigenvalue weighted by molar-refractivity contribution is 0.0599. The third-order valence-corrected chi connectivity index (χ3v) is 4.55. The van der Waals surface area contributed by atoms with Gasteiger partial charge >= 0.3 is 5.97 Å². The van der Waals surface area contributed by atoms with Crippen LogP contribution in [0.2, 0.25) is 0 Å². The van der Waals surface area contributed by atoms with Crippen LogP contribution in [0.5, 0.6) is 0 Å². The molecule has 0 amide bonds. The molecule has 106 valence electrons. The van der Waals surface area contributed by atoms with Gasteiger partial charge in [-0.3, -0.25) is 4.98 Å². The number of aliphatic hydroxyl groups is 1. The Morgan fingerprint density at radius 2 is 2.35 bits per heavy atom. The zero-order valence-electron chi connectivity index (χ0n) is 10.3. The molecule has 1 unspecified atom stereocenters. The fourth-order valence-electron chi connectivity index (χ4n) is 1.61. The van der Waals surface area contributed by atoms with E-state index in [1.807, 2.05) is 0 Å². The van der Waals surface area contributed by atoms with E-state index in [0.717, 1.165) is 0 Å². The highest BCUT2D eigenvalue weighted by Crippen LogP contribution is 2.30. The first-order chi connectivity index (χ1) is 9.58. The smallest absolute Gasteiger partial charge is 0.339 e. The second kappa shape index (κ2) is 6.75. The molecule has 2 heterocycles. The number of thiazole rings is 1. The topological polar surface area (TPSA) is 72.3 Å². The Hall–Kier alpha value is -0.830. The number of aromatic nitrogens is 2. The van der Waals surface area contributed by atoms with Gasteiger partial charge in [-0.1, -0.05) is 15.9 Å². The van der Waals surface area contributed by atoms with Gasteiger partial charge in [-0.25, -0.2) is 9.78 Å². The fourth-order valence-corrected chi connectivity index (χ4v) is 3.20. The van der Waals surface area contributed by atoms with Crippen LogP contribution in [0.3, 0.4) is 0 Å². The standard InChI is InChI=1S/C12H10Br2N2O3S/c1-19-12(18)6-4-7(14)9(16-8(6)5-13)10(17)11-15-2-3-20-11/h2-4,10,17H,5H2,1H3. The molecule has 0 aliphatic rings. The number of nitrogens with zero attached hydrogens (tertiary/aromatic N) is 2. The van der Waals surface area contributed by atoms with Gasteiger partial charge in [0.2, 0.25) is 0 Å². The van der Waals surface area contributed by atoms with Gasteiger partial charge in [0, 0.05) is 21.4 Å². The van der Waals surface area contributed by atoms with Crippen LogP contribution in [0.4, 0.5) is 0 Å². The van der Waals surface area contributed by atoms with Crippen molar-refractivity contribution in [3.63, 3.8) is 0 Å². The van der Waals surface area contributed by atoms with E-state index in [2.05, 4.69) is 41.8 Å². The van der Waals surface area contributed by atoms with Crippen molar-refractivity contribution in [2.24, 2.45) is 0 Å². The Bertz CT molecular complexity index is 619. The molecule has 0 saturated carbocycles. The van der Waals surface area contributed by atoms with Crippen LogP contribution in [0.15, 0.2) is 22.1 Å². The van der Waals surface area contributed by atoms with Gasteiger partial charge < -0.3 is 9.84 Å². The van der Waals surface area contributed by atoms with Crippen LogP contribution in [0.1, 0.15) is 32.9 Å². The average Bonchev–Trinajstić information content (AvgIpc) is 2.99. The minimum Gasteiger partial charge on any atom is -0.465 e. The van der Waals surface area contributed by atoms with Gasteiger partial charge in [0.1, 0.15) is 11.1 Å². The lowest BCUT2D eigenvalue weighted by Crippen LogP contribution is -2.11. The van der Waals surface area contributed by atoms with Crippen LogP contribution in [0.25, 0.3) is 0 Å². The lowest BCUT2D eigenvalue weighted by atomic mass is 10.1. The Balaban J connectivity index is 2.48. The monoisotopic (exact) mass is 420 g/mol. The van der Waals surface area contributed by atoms with Crippen LogP contribution in [-0.2, 0) is 10.1 Å². The molecule has 0 fully saturated rings. The molecule has 2 aromatic rings. The summed E-state index contributed by atoms with van der Waals surface area (Å²) in [5.41, 5.74) is 1.28. The first-order valence-electron chi connectivity index (χ1n) is 5.49. The third-order valence-electron chi connectivity index (χ3n) is 2.56. The molecule has 20 heavy (non-hydrogen) atoms. The number of rotatable bonds is 4. The SMILES string of the molecule is COC(=O)c1cc(Br)c(C(O)c2nccs2)nc1CBr. The maximum Gasteiger partial charge on any atom is 0.339 e. The fraction of sp³-hybridized carbons (Fsp3) is 0.250. The Morgan fingerprint density at radius 1 is 1.60 bits per heavy atom. The first kappa shape index (κ1) is 15.6. The molecule has 0 spiro atoms. The maximum absolute atomic E-state index is 11.7. The van der Waals surface area contributed by atoms with Crippen molar-refractivity contribution in [3.05, 3.63) is 44.1 Å². The molecule has 0 aliphatic heterocycles. The summed E-state index contributed by atoms with van der Waals surface area (Å²) in [6.45, 7) is 0. The second-order valence-corrected chi connectivity index (χ2v) is 6.09. The number of methoxy groups -OCH3 is 1. The summed E-state index contributed by atoms with van der Waals surface area (Å²) in [5, 5.41) is 13.0. The highest BCUT2D eigenvalue weighted by atomic mass is 79.9. The predicted molar refractivity (Wildman–Crippen MR) is 82.1 cm³/mol. The van der Waals surface area contributed by atoms with Crippen LogP contribution in [-0.4, -0.2) is 28.2 Å². The van der Waals surface area contributed by atoms with Crippen molar-refractivity contribution < 1.29 is 14.6 Å². The minimum absolute atomic E-state index is 0.353. The highest BCUT2D eigenvalue weighted by molar-refractivity contribution is 9.10. The zero-order chi connectivity index (χ0) is 14.7. The third kappa shape index (κ3) is 3.08. The van der Waals surface area contributed by atoms with E-state index < -0.39 is 12.1 Å². The maximum atomic E-state index is 11.7. The van der Waals surface area contributed by atoms with E-state index in [4.69, 9.17) is 4.74 Å². The molecule has 5 nitrogen and oxygen atoms in total. The van der Waals surface area contributed by atoms with Gasteiger partial charge in [-0.05, 0) is 22.0 Å². The molecule has 0 bridgehead atoms. The summed E-state index contributed by atoms with van der Waals surface area (Å²) >= 11 is 7.95. The van der Waals surface area contributed by atoms with E-state index in [1.165, 1.54) is 18.4 Å². The molecule has 0 aromatic carbocycles. The summed E-state index contributed by atoms with van der Waals surface area (Å²) in [6, 6.07) is 1.60. The molecular weight excluding hydrogens is 412 g/mol. The van der Waals surface area contributed by atoms with Crippen LogP contribution < -0.4 is 0 Å². The molecule has 2 aromatic heterocycles. The Morgan fingerprint density at radius 3 is 2.90 bits per heavy atom. The summed E-state index contributed by atoms with van der Waals surface area (Å²) < 4.78 is 5.25. The summed E-state index contributed by atoms with van der Waals surface area (Å²) in [5.74, 6) is -0.470. The zero-order valence-corrected chi connectivity index (χ0v) is 14.3. The number of carbonyl (C=O) groups excluding carboxylic acids is 1. The molecule has 1 N–H and O–H groups in total. The number of hydrogen-bond acceptors (Lipinski definition) is 6. The van der Waals surface area contributed by atoms with Crippen molar-refractivity contribution in [2.75, 3.05) is 7.11 Å². The summed E-state index contributed by atoms with van der Waals surface area (Å²) in [7, 11) is 1.31. The molecule has 8 heteroatoms. The summed E-state index contributed by atoms with van der Waals surface area (Å²) in [4.78, 5) is 20.1. The van der Waals surface area contributed by atoms with E-state index in [-0.39, 0.29) is 0 Å². The van der Waals surface area contributed by atoms with Crippen LogP contribution in [0, 0.1) is 0 Å². The quantitative estimate of drug-likeness (QED) is 0.606. The summed E-state index contributed by atoms with van der Waals surface area (Å²) in [6.07, 6.45) is 0.680. The van der Waals surface area contributed by atoms with Gasteiger partial charge in [-0.2, -0.15) is 0 Å². The number of ether oxygens (including phenoxy) is 1. The number of alkyl halides is 1. The number of halogens is 2. The Kier molecular flexibility index (Phi) is 5.25. The van der Waals surface area contributed by atoms with Crippen molar-refractivity contribution in [1.29, 1.82) is 0 Å². The molecule has 0 saturated heterocycles. The highest BCUT2D eigenvalue weighted by Gasteiger charge is 2.22.